The molecule has 0 bridgehead atoms. The Bertz CT molecular complexity index is 562. The normalized spacial score (nSPS) is 12.6. The summed E-state index contributed by atoms with van der Waals surface area (Å²) >= 11 is 0. The predicted octanol–water partition coefficient (Wildman–Crippen LogP) is 1.89. The molecule has 0 saturated heterocycles. The second kappa shape index (κ2) is 5.01. The minimum absolute atomic E-state index is 0.00628. The van der Waals surface area contributed by atoms with E-state index in [0.29, 0.717) is 23.7 Å². The van der Waals surface area contributed by atoms with Crippen molar-refractivity contribution in [3.8, 4) is 0 Å². The molecule has 7 nitrogen and oxygen atoms in total. The molecule has 1 heterocycles. The summed E-state index contributed by atoms with van der Waals surface area (Å²) in [5.41, 5.74) is 6.53. The second-order valence-electron chi connectivity index (χ2n) is 3.91. The Kier molecular flexibility index (Phi) is 3.42. The first-order valence-electron chi connectivity index (χ1n) is 5.65. The molecule has 0 aliphatic heterocycles. The number of oxazole rings is 1. The van der Waals surface area contributed by atoms with Crippen molar-refractivity contribution in [2.75, 3.05) is 11.9 Å². The number of hydrogen-bond acceptors (Lipinski definition) is 6. The van der Waals surface area contributed by atoms with Gasteiger partial charge in [0.15, 0.2) is 5.58 Å². The van der Waals surface area contributed by atoms with E-state index in [9.17, 15) is 10.1 Å². The number of nitro benzene ring substituents is 1. The van der Waals surface area contributed by atoms with Crippen molar-refractivity contribution in [1.29, 1.82) is 0 Å². The van der Waals surface area contributed by atoms with E-state index < -0.39 is 4.92 Å². The first kappa shape index (κ1) is 12.3. The molecule has 7 heteroatoms. The van der Waals surface area contributed by atoms with Crippen molar-refractivity contribution >= 4 is 22.8 Å². The Hall–Kier alpha value is -2.15. The Morgan fingerprint density at radius 2 is 2.39 bits per heavy atom. The zero-order valence-corrected chi connectivity index (χ0v) is 9.92. The molecular weight excluding hydrogens is 236 g/mol. The van der Waals surface area contributed by atoms with Gasteiger partial charge in [0.1, 0.15) is 5.52 Å². The second-order valence-corrected chi connectivity index (χ2v) is 3.91. The highest BCUT2D eigenvalue weighted by molar-refractivity contribution is 5.77. The number of anilines is 1. The third-order valence-corrected chi connectivity index (χ3v) is 2.69. The zero-order chi connectivity index (χ0) is 13.1. The minimum atomic E-state index is -0.462. The van der Waals surface area contributed by atoms with Crippen molar-refractivity contribution in [2.24, 2.45) is 5.73 Å². The molecule has 1 aromatic heterocycles. The van der Waals surface area contributed by atoms with Crippen LogP contribution in [0.1, 0.15) is 13.3 Å². The quantitative estimate of drug-likeness (QED) is 0.619. The SMILES string of the molecule is CCC(CN)Nc1nc2cc([N+](=O)[O-])ccc2o1. The van der Waals surface area contributed by atoms with Gasteiger partial charge >= 0.3 is 0 Å². The van der Waals surface area contributed by atoms with Gasteiger partial charge in [0.05, 0.1) is 4.92 Å². The van der Waals surface area contributed by atoms with Gasteiger partial charge in [-0.15, -0.1) is 0 Å². The van der Waals surface area contributed by atoms with Crippen molar-refractivity contribution in [1.82, 2.24) is 4.98 Å². The first-order chi connectivity index (χ1) is 8.63. The number of nitro groups is 1. The van der Waals surface area contributed by atoms with Gasteiger partial charge in [-0.25, -0.2) is 0 Å². The van der Waals surface area contributed by atoms with E-state index in [1.807, 2.05) is 6.92 Å². The van der Waals surface area contributed by atoms with Gasteiger partial charge in [-0.2, -0.15) is 4.98 Å². The van der Waals surface area contributed by atoms with Crippen LogP contribution < -0.4 is 11.1 Å². The number of rotatable bonds is 5. The van der Waals surface area contributed by atoms with Crippen molar-refractivity contribution in [3.05, 3.63) is 28.3 Å². The standard InChI is InChI=1S/C11H14N4O3/c1-2-7(6-12)13-11-14-9-5-8(15(16)17)3-4-10(9)18-11/h3-5,7H,2,6,12H2,1H3,(H,13,14). The highest BCUT2D eigenvalue weighted by atomic mass is 16.6. The van der Waals surface area contributed by atoms with Gasteiger partial charge in [0.25, 0.3) is 11.7 Å². The molecule has 0 aliphatic rings. The first-order valence-corrected chi connectivity index (χ1v) is 5.65. The molecule has 2 rings (SSSR count). The summed E-state index contributed by atoms with van der Waals surface area (Å²) in [5, 5.41) is 13.7. The Labute approximate surface area is 103 Å². The van der Waals surface area contributed by atoms with E-state index in [1.54, 1.807) is 0 Å². The number of hydrogen-bond donors (Lipinski definition) is 2. The molecule has 0 spiro atoms. The fourth-order valence-electron chi connectivity index (χ4n) is 1.59. The number of aromatic nitrogens is 1. The third-order valence-electron chi connectivity index (χ3n) is 2.69. The van der Waals surface area contributed by atoms with Crippen molar-refractivity contribution in [2.45, 2.75) is 19.4 Å². The van der Waals surface area contributed by atoms with Gasteiger partial charge in [-0.1, -0.05) is 6.92 Å². The minimum Gasteiger partial charge on any atom is -0.424 e. The number of fused-ring (bicyclic) bond motifs is 1. The average Bonchev–Trinajstić information content (AvgIpc) is 2.76. The van der Waals surface area contributed by atoms with Crippen LogP contribution in [-0.2, 0) is 0 Å². The maximum absolute atomic E-state index is 10.6. The molecule has 0 saturated carbocycles. The lowest BCUT2D eigenvalue weighted by Crippen LogP contribution is -2.27. The van der Waals surface area contributed by atoms with E-state index in [-0.39, 0.29) is 11.7 Å². The fourth-order valence-corrected chi connectivity index (χ4v) is 1.59. The summed E-state index contributed by atoms with van der Waals surface area (Å²) in [5.74, 6) is 0. The third kappa shape index (κ3) is 2.40. The van der Waals surface area contributed by atoms with Crippen LogP contribution in [0.15, 0.2) is 22.6 Å². The summed E-state index contributed by atoms with van der Waals surface area (Å²) in [6.45, 7) is 2.47. The number of non-ortho nitro benzene ring substituents is 1. The number of nitrogens with one attached hydrogen (secondary N) is 1. The predicted molar refractivity (Wildman–Crippen MR) is 67.4 cm³/mol. The maximum atomic E-state index is 10.6. The monoisotopic (exact) mass is 250 g/mol. The molecule has 1 atom stereocenters. The topological polar surface area (TPSA) is 107 Å². The van der Waals surface area contributed by atoms with Gasteiger partial charge < -0.3 is 15.5 Å². The lowest BCUT2D eigenvalue weighted by atomic mass is 10.2. The van der Waals surface area contributed by atoms with E-state index in [1.165, 1.54) is 18.2 Å². The Morgan fingerprint density at radius 1 is 1.61 bits per heavy atom. The molecule has 0 aliphatic carbocycles. The lowest BCUT2D eigenvalue weighted by Gasteiger charge is -2.11. The molecule has 1 unspecified atom stereocenters. The summed E-state index contributed by atoms with van der Waals surface area (Å²) < 4.78 is 5.44. The van der Waals surface area contributed by atoms with Crippen LogP contribution in [0.25, 0.3) is 11.1 Å². The van der Waals surface area contributed by atoms with Crippen LogP contribution in [0.4, 0.5) is 11.7 Å². The number of nitrogens with two attached hydrogens (primary N) is 1. The molecule has 96 valence electrons. The van der Waals surface area contributed by atoms with E-state index in [2.05, 4.69) is 10.3 Å². The number of nitrogens with zero attached hydrogens (tertiary/aromatic N) is 2. The average molecular weight is 250 g/mol. The largest absolute Gasteiger partial charge is 0.424 e. The maximum Gasteiger partial charge on any atom is 0.295 e. The van der Waals surface area contributed by atoms with Crippen LogP contribution >= 0.6 is 0 Å². The highest BCUT2D eigenvalue weighted by Crippen LogP contribution is 2.23. The molecule has 2 aromatic rings. The zero-order valence-electron chi connectivity index (χ0n) is 9.92. The molecule has 0 fully saturated rings. The Balaban J connectivity index is 2.29. The summed E-state index contributed by atoms with van der Waals surface area (Å²) in [6.07, 6.45) is 0.843. The Morgan fingerprint density at radius 3 is 3.00 bits per heavy atom. The lowest BCUT2D eigenvalue weighted by molar-refractivity contribution is -0.384. The molecule has 0 radical (unpaired) electrons. The van der Waals surface area contributed by atoms with Gasteiger partial charge in [0, 0.05) is 24.7 Å². The molecule has 0 amide bonds. The summed E-state index contributed by atoms with van der Waals surface area (Å²) in [4.78, 5) is 14.3. The molecule has 18 heavy (non-hydrogen) atoms. The van der Waals surface area contributed by atoms with Crippen LogP contribution in [0.2, 0.25) is 0 Å². The van der Waals surface area contributed by atoms with E-state index in [4.69, 9.17) is 10.2 Å². The van der Waals surface area contributed by atoms with Crippen LogP contribution in [0.5, 0.6) is 0 Å². The van der Waals surface area contributed by atoms with E-state index >= 15 is 0 Å². The molecular formula is C11H14N4O3. The summed E-state index contributed by atoms with van der Waals surface area (Å²) in [7, 11) is 0. The van der Waals surface area contributed by atoms with Gasteiger partial charge in [0.2, 0.25) is 0 Å². The van der Waals surface area contributed by atoms with Crippen LogP contribution in [0.3, 0.4) is 0 Å². The van der Waals surface area contributed by atoms with Crippen molar-refractivity contribution < 1.29 is 9.34 Å². The summed E-state index contributed by atoms with van der Waals surface area (Å²) in [6, 6.07) is 4.72. The van der Waals surface area contributed by atoms with Gasteiger partial charge in [-0.05, 0) is 12.5 Å². The smallest absolute Gasteiger partial charge is 0.295 e. The molecule has 1 aromatic carbocycles. The fraction of sp³-hybridized carbons (Fsp3) is 0.364. The van der Waals surface area contributed by atoms with Crippen molar-refractivity contribution in [3.63, 3.8) is 0 Å². The van der Waals surface area contributed by atoms with Gasteiger partial charge in [-0.3, -0.25) is 10.1 Å². The van der Waals surface area contributed by atoms with E-state index in [0.717, 1.165) is 6.42 Å². The highest BCUT2D eigenvalue weighted by Gasteiger charge is 2.13. The number of benzene rings is 1. The van der Waals surface area contributed by atoms with Crippen LogP contribution in [-0.4, -0.2) is 22.5 Å². The van der Waals surface area contributed by atoms with Crippen LogP contribution in [0, 0.1) is 10.1 Å². The molecule has 3 N–H and O–H groups in total.